The molecule has 5 nitrogen and oxygen atoms in total. The van der Waals surface area contributed by atoms with Crippen molar-refractivity contribution in [2.75, 3.05) is 43.2 Å². The lowest BCUT2D eigenvalue weighted by Gasteiger charge is -2.33. The van der Waals surface area contributed by atoms with E-state index in [9.17, 15) is 31.1 Å². The second kappa shape index (κ2) is 11.9. The summed E-state index contributed by atoms with van der Waals surface area (Å²) >= 11 is 0. The number of likely N-dealkylation sites (N-methyl/N-ethyl adjacent to an activating group) is 1. The molecule has 1 fully saturated rings. The van der Waals surface area contributed by atoms with Crippen molar-refractivity contribution in [3.63, 3.8) is 0 Å². The summed E-state index contributed by atoms with van der Waals surface area (Å²) in [6.07, 6.45) is -8.55. The van der Waals surface area contributed by atoms with Crippen LogP contribution in [0.4, 0.5) is 37.8 Å². The predicted octanol–water partition coefficient (Wildman–Crippen LogP) is 7.29. The number of ether oxygens (including phenoxy) is 1. The highest BCUT2D eigenvalue weighted by Gasteiger charge is 2.41. The normalized spacial score (nSPS) is 14.4. The van der Waals surface area contributed by atoms with Crippen LogP contribution in [-0.2, 0) is 27.3 Å². The van der Waals surface area contributed by atoms with E-state index in [0.29, 0.717) is 55.5 Å². The van der Waals surface area contributed by atoms with E-state index in [4.69, 9.17) is 4.74 Å². The number of aryl methyl sites for hydroxylation is 1. The van der Waals surface area contributed by atoms with Gasteiger partial charge in [0, 0.05) is 25.7 Å². The minimum Gasteiger partial charge on any atom is -0.378 e. The van der Waals surface area contributed by atoms with E-state index in [0.717, 1.165) is 11.1 Å². The first-order valence-corrected chi connectivity index (χ1v) is 12.6. The molecule has 0 N–H and O–H groups in total. The second-order valence-electron chi connectivity index (χ2n) is 10.3. The molecule has 0 saturated carbocycles. The number of carbonyl (C=O) groups excluding carboxylic acids is 1. The van der Waals surface area contributed by atoms with Crippen molar-refractivity contribution in [1.82, 2.24) is 4.98 Å². The molecule has 1 amide bonds. The summed E-state index contributed by atoms with van der Waals surface area (Å²) in [6.45, 7) is 6.84. The number of hydrogen-bond acceptors (Lipinski definition) is 4. The smallest absolute Gasteiger partial charge is 0.378 e. The molecule has 1 aromatic heterocycles. The molecule has 41 heavy (non-hydrogen) atoms. The molecular formula is C29H30ClF6N3O2. The van der Waals surface area contributed by atoms with E-state index < -0.39 is 40.4 Å². The summed E-state index contributed by atoms with van der Waals surface area (Å²) in [5.74, 6) is -0.0335. The van der Waals surface area contributed by atoms with Gasteiger partial charge in [-0.15, -0.1) is 12.4 Å². The molecule has 1 aliphatic rings. The lowest BCUT2D eigenvalue weighted by molar-refractivity contribution is -0.143. The summed E-state index contributed by atoms with van der Waals surface area (Å²) in [7, 11) is 1.44. The average Bonchev–Trinajstić information content (AvgIpc) is 2.91. The van der Waals surface area contributed by atoms with Gasteiger partial charge in [0.05, 0.1) is 41.6 Å². The maximum atomic E-state index is 13.9. The number of morpholine rings is 1. The van der Waals surface area contributed by atoms with Gasteiger partial charge < -0.3 is 14.5 Å². The van der Waals surface area contributed by atoms with Crippen molar-refractivity contribution < 1.29 is 35.9 Å². The molecule has 1 saturated heterocycles. The Bertz CT molecular complexity index is 1370. The van der Waals surface area contributed by atoms with Crippen molar-refractivity contribution in [3.8, 4) is 11.1 Å². The maximum Gasteiger partial charge on any atom is 0.416 e. The van der Waals surface area contributed by atoms with E-state index >= 15 is 0 Å². The Labute approximate surface area is 240 Å². The summed E-state index contributed by atoms with van der Waals surface area (Å²) in [5.41, 5.74) is -2.35. The number of anilines is 2. The third-order valence-corrected chi connectivity index (χ3v) is 7.15. The Morgan fingerprint density at radius 1 is 0.878 bits per heavy atom. The van der Waals surface area contributed by atoms with Gasteiger partial charge >= 0.3 is 12.4 Å². The molecule has 0 unspecified atom stereocenters. The quantitative estimate of drug-likeness (QED) is 0.288. The number of carbonyl (C=O) groups is 1. The fourth-order valence-corrected chi connectivity index (χ4v) is 4.73. The van der Waals surface area contributed by atoms with Crippen LogP contribution in [0.25, 0.3) is 11.1 Å². The second-order valence-corrected chi connectivity index (χ2v) is 10.3. The zero-order chi connectivity index (χ0) is 29.5. The van der Waals surface area contributed by atoms with E-state index in [-0.39, 0.29) is 18.5 Å². The van der Waals surface area contributed by atoms with Crippen LogP contribution in [0.15, 0.2) is 54.7 Å². The summed E-state index contributed by atoms with van der Waals surface area (Å²) in [6, 6.07) is 10.6. The molecule has 4 rings (SSSR count). The van der Waals surface area contributed by atoms with Crippen LogP contribution < -0.4 is 9.80 Å². The third-order valence-electron chi connectivity index (χ3n) is 7.15. The van der Waals surface area contributed by atoms with Crippen LogP contribution in [0.1, 0.15) is 36.1 Å². The molecule has 0 atom stereocenters. The first-order valence-electron chi connectivity index (χ1n) is 12.6. The van der Waals surface area contributed by atoms with Gasteiger partial charge in [-0.25, -0.2) is 4.98 Å². The zero-order valence-electron chi connectivity index (χ0n) is 22.9. The molecule has 222 valence electrons. The molecule has 1 aliphatic heterocycles. The number of nitrogens with zero attached hydrogens (tertiary/aromatic N) is 3. The Kier molecular flexibility index (Phi) is 9.34. The number of alkyl halides is 6. The standard InChI is InChI=1S/C29H29F6N3O2.ClH/c1-18-7-5-6-8-22(18)23-16-25(38-9-11-40-12-10-38)36-17-24(23)37(4)26(39)27(2,3)19-13-20(28(30,31)32)15-21(14-19)29(33,34)35;/h5-8,13-17H,9-12H2,1-4H3;1H. The van der Waals surface area contributed by atoms with Crippen molar-refractivity contribution in [2.24, 2.45) is 0 Å². The van der Waals surface area contributed by atoms with Gasteiger partial charge in [0.2, 0.25) is 5.91 Å². The summed E-state index contributed by atoms with van der Waals surface area (Å²) in [5, 5.41) is 0. The predicted molar refractivity (Wildman–Crippen MR) is 148 cm³/mol. The van der Waals surface area contributed by atoms with Gasteiger partial charge in [-0.2, -0.15) is 26.3 Å². The number of halogens is 7. The monoisotopic (exact) mass is 601 g/mol. The highest BCUT2D eigenvalue weighted by Crippen LogP contribution is 2.41. The molecule has 12 heteroatoms. The first kappa shape index (κ1) is 32.2. The van der Waals surface area contributed by atoms with E-state index in [1.54, 1.807) is 0 Å². The topological polar surface area (TPSA) is 45.7 Å². The van der Waals surface area contributed by atoms with Crippen molar-refractivity contribution in [1.29, 1.82) is 0 Å². The largest absolute Gasteiger partial charge is 0.416 e. The molecule has 3 aromatic rings. The average molecular weight is 602 g/mol. The Hall–Kier alpha value is -3.31. The van der Waals surface area contributed by atoms with Crippen LogP contribution in [-0.4, -0.2) is 44.2 Å². The Morgan fingerprint density at radius 2 is 1.41 bits per heavy atom. The van der Waals surface area contributed by atoms with E-state index in [1.807, 2.05) is 42.2 Å². The number of aromatic nitrogens is 1. The molecule has 2 aromatic carbocycles. The van der Waals surface area contributed by atoms with Crippen molar-refractivity contribution in [3.05, 3.63) is 77.0 Å². The molecule has 0 radical (unpaired) electrons. The van der Waals surface area contributed by atoms with Gasteiger partial charge in [0.15, 0.2) is 0 Å². The third kappa shape index (κ3) is 6.78. The number of pyridine rings is 1. The number of rotatable bonds is 5. The highest BCUT2D eigenvalue weighted by molar-refractivity contribution is 6.03. The molecule has 0 aliphatic carbocycles. The molecule has 2 heterocycles. The zero-order valence-corrected chi connectivity index (χ0v) is 23.7. The van der Waals surface area contributed by atoms with E-state index in [2.05, 4.69) is 4.98 Å². The minimum atomic E-state index is -5.03. The van der Waals surface area contributed by atoms with Gasteiger partial charge in [-0.05, 0) is 61.7 Å². The number of amides is 1. The minimum absolute atomic E-state index is 0. The Balaban J connectivity index is 0.00000462. The molecule has 0 bridgehead atoms. The van der Waals surface area contributed by atoms with Crippen LogP contribution in [0, 0.1) is 6.92 Å². The fraction of sp³-hybridized carbons (Fsp3) is 0.379. The van der Waals surface area contributed by atoms with Gasteiger partial charge in [0.1, 0.15) is 5.82 Å². The van der Waals surface area contributed by atoms with Gasteiger partial charge in [-0.1, -0.05) is 24.3 Å². The number of hydrogen-bond donors (Lipinski definition) is 0. The molecule has 0 spiro atoms. The summed E-state index contributed by atoms with van der Waals surface area (Å²) in [4.78, 5) is 21.7. The SMILES string of the molecule is Cc1ccccc1-c1cc(N2CCOCC2)ncc1N(C)C(=O)C(C)(C)c1cc(C(F)(F)F)cc(C(F)(F)F)c1.Cl. The van der Waals surface area contributed by atoms with E-state index in [1.165, 1.54) is 32.0 Å². The lowest BCUT2D eigenvalue weighted by atomic mass is 9.81. The molecular weight excluding hydrogens is 572 g/mol. The van der Waals surface area contributed by atoms with Crippen LogP contribution >= 0.6 is 12.4 Å². The van der Waals surface area contributed by atoms with Crippen LogP contribution in [0.2, 0.25) is 0 Å². The van der Waals surface area contributed by atoms with Crippen molar-refractivity contribution >= 4 is 29.8 Å². The maximum absolute atomic E-state index is 13.9. The summed E-state index contributed by atoms with van der Waals surface area (Å²) < 4.78 is 86.6. The first-order chi connectivity index (χ1) is 18.6. The van der Waals surface area contributed by atoms with Gasteiger partial charge in [-0.3, -0.25) is 4.79 Å². The highest BCUT2D eigenvalue weighted by atomic mass is 35.5. The Morgan fingerprint density at radius 3 is 1.95 bits per heavy atom. The lowest BCUT2D eigenvalue weighted by Crippen LogP contribution is -2.42. The van der Waals surface area contributed by atoms with Crippen molar-refractivity contribution in [2.45, 2.75) is 38.5 Å². The fourth-order valence-electron chi connectivity index (χ4n) is 4.73. The van der Waals surface area contributed by atoms with Crippen LogP contribution in [0.3, 0.4) is 0 Å². The van der Waals surface area contributed by atoms with Crippen LogP contribution in [0.5, 0.6) is 0 Å². The van der Waals surface area contributed by atoms with Gasteiger partial charge in [0.25, 0.3) is 0 Å². The number of benzene rings is 2.